The number of aromatic nitrogens is 2. The number of anilines is 1. The third kappa shape index (κ3) is 5.13. The van der Waals surface area contributed by atoms with Crippen LogP contribution in [0.1, 0.15) is 35.6 Å². The van der Waals surface area contributed by atoms with E-state index in [0.717, 1.165) is 5.69 Å². The fourth-order valence-corrected chi connectivity index (χ4v) is 2.84. The molecule has 29 heavy (non-hydrogen) atoms. The molecule has 152 valence electrons. The van der Waals surface area contributed by atoms with Gasteiger partial charge in [-0.3, -0.25) is 4.79 Å². The predicted molar refractivity (Wildman–Crippen MR) is 109 cm³/mol. The molecule has 7 heteroatoms. The van der Waals surface area contributed by atoms with Crippen LogP contribution >= 0.6 is 0 Å². The van der Waals surface area contributed by atoms with E-state index in [4.69, 9.17) is 9.47 Å². The van der Waals surface area contributed by atoms with Gasteiger partial charge in [-0.15, -0.1) is 0 Å². The van der Waals surface area contributed by atoms with Crippen LogP contribution in [0.15, 0.2) is 48.5 Å². The minimum Gasteiger partial charge on any atom is -0.491 e. The molecule has 0 atom stereocenters. The maximum Gasteiger partial charge on any atom is 0.255 e. The number of carbonyl (C=O) groups excluding carboxylic acids is 1. The molecule has 1 aromatic heterocycles. The highest BCUT2D eigenvalue weighted by Crippen LogP contribution is 2.22. The summed E-state index contributed by atoms with van der Waals surface area (Å²) in [6.45, 7) is 7.64. The number of nitrogens with zero attached hydrogens (tertiary/aromatic N) is 2. The van der Waals surface area contributed by atoms with Gasteiger partial charge in [0.1, 0.15) is 17.3 Å². The molecule has 3 rings (SSSR count). The fraction of sp³-hybridized carbons (Fsp3) is 0.273. The van der Waals surface area contributed by atoms with Crippen LogP contribution in [0.25, 0.3) is 0 Å². The monoisotopic (exact) mass is 397 g/mol. The molecular formula is C22H24FN3O3. The summed E-state index contributed by atoms with van der Waals surface area (Å²) in [5.41, 5.74) is 2.55. The topological polar surface area (TPSA) is 65.4 Å². The van der Waals surface area contributed by atoms with Gasteiger partial charge in [0.25, 0.3) is 5.91 Å². The molecule has 0 fully saturated rings. The van der Waals surface area contributed by atoms with Gasteiger partial charge >= 0.3 is 0 Å². The molecule has 0 saturated heterocycles. The number of nitrogens with one attached hydrogen (secondary N) is 1. The van der Waals surface area contributed by atoms with Crippen molar-refractivity contribution in [1.29, 1.82) is 0 Å². The number of benzene rings is 2. The zero-order valence-electron chi connectivity index (χ0n) is 16.9. The highest BCUT2D eigenvalue weighted by atomic mass is 19.1. The lowest BCUT2D eigenvalue weighted by atomic mass is 10.2. The molecule has 0 bridgehead atoms. The van der Waals surface area contributed by atoms with E-state index >= 15 is 0 Å². The molecule has 2 aromatic carbocycles. The van der Waals surface area contributed by atoms with Gasteiger partial charge in [0.15, 0.2) is 6.73 Å². The summed E-state index contributed by atoms with van der Waals surface area (Å²) in [6, 6.07) is 12.9. The molecule has 0 saturated carbocycles. The standard InChI is InChI=1S/C22H24FN3O3/c1-14(2)29-19-10-8-17(9-11-19)22(27)24-21-15(3)25-26(16(21)4)13-28-20-7-5-6-18(23)12-20/h5-12,14H,13H2,1-4H3,(H,24,27). The van der Waals surface area contributed by atoms with Gasteiger partial charge < -0.3 is 14.8 Å². The Morgan fingerprint density at radius 2 is 1.86 bits per heavy atom. The Balaban J connectivity index is 1.68. The van der Waals surface area contributed by atoms with Gasteiger partial charge in [-0.2, -0.15) is 5.10 Å². The van der Waals surface area contributed by atoms with E-state index in [-0.39, 0.29) is 24.6 Å². The molecule has 1 N–H and O–H groups in total. The summed E-state index contributed by atoms with van der Waals surface area (Å²) in [5.74, 6) is 0.518. The Hall–Kier alpha value is -3.35. The lowest BCUT2D eigenvalue weighted by molar-refractivity contribution is 0.102. The number of halogens is 1. The fourth-order valence-electron chi connectivity index (χ4n) is 2.84. The number of hydrogen-bond acceptors (Lipinski definition) is 4. The molecule has 0 unspecified atom stereocenters. The highest BCUT2D eigenvalue weighted by molar-refractivity contribution is 6.04. The number of ether oxygens (including phenoxy) is 2. The molecule has 0 spiro atoms. The third-order valence-corrected chi connectivity index (χ3v) is 4.26. The van der Waals surface area contributed by atoms with E-state index in [1.165, 1.54) is 12.1 Å². The number of rotatable bonds is 7. The smallest absolute Gasteiger partial charge is 0.255 e. The minimum atomic E-state index is -0.367. The first-order valence-electron chi connectivity index (χ1n) is 9.34. The van der Waals surface area contributed by atoms with Gasteiger partial charge in [-0.1, -0.05) is 6.07 Å². The van der Waals surface area contributed by atoms with Crippen molar-refractivity contribution in [1.82, 2.24) is 9.78 Å². The van der Waals surface area contributed by atoms with Crippen LogP contribution in [0.2, 0.25) is 0 Å². The Labute approximate surface area is 169 Å². The normalized spacial score (nSPS) is 10.8. The summed E-state index contributed by atoms with van der Waals surface area (Å²) in [7, 11) is 0. The van der Waals surface area contributed by atoms with Gasteiger partial charge in [0.2, 0.25) is 0 Å². The zero-order chi connectivity index (χ0) is 21.0. The van der Waals surface area contributed by atoms with Gasteiger partial charge in [0.05, 0.1) is 23.2 Å². The Morgan fingerprint density at radius 1 is 1.14 bits per heavy atom. The lowest BCUT2D eigenvalue weighted by Crippen LogP contribution is -2.14. The molecular weight excluding hydrogens is 373 g/mol. The van der Waals surface area contributed by atoms with Crippen molar-refractivity contribution in [2.75, 3.05) is 5.32 Å². The van der Waals surface area contributed by atoms with Crippen LogP contribution in [0.3, 0.4) is 0 Å². The quantitative estimate of drug-likeness (QED) is 0.627. The van der Waals surface area contributed by atoms with Crippen molar-refractivity contribution in [3.8, 4) is 11.5 Å². The largest absolute Gasteiger partial charge is 0.491 e. The predicted octanol–water partition coefficient (Wildman–Crippen LogP) is 4.72. The molecule has 0 aliphatic heterocycles. The average Bonchev–Trinajstić information content (AvgIpc) is 2.94. The van der Waals surface area contributed by atoms with Crippen LogP contribution in [-0.2, 0) is 6.73 Å². The molecule has 1 heterocycles. The lowest BCUT2D eigenvalue weighted by Gasteiger charge is -2.11. The van der Waals surface area contributed by atoms with Gasteiger partial charge in [-0.25, -0.2) is 9.07 Å². The number of carbonyl (C=O) groups is 1. The maximum absolute atomic E-state index is 13.3. The van der Waals surface area contributed by atoms with Gasteiger partial charge in [0, 0.05) is 11.6 Å². The molecule has 0 aliphatic rings. The van der Waals surface area contributed by atoms with E-state index in [2.05, 4.69) is 10.4 Å². The van der Waals surface area contributed by atoms with E-state index in [1.807, 2.05) is 20.8 Å². The van der Waals surface area contributed by atoms with Crippen molar-refractivity contribution in [2.24, 2.45) is 0 Å². The highest BCUT2D eigenvalue weighted by Gasteiger charge is 2.16. The molecule has 0 aliphatic carbocycles. The molecule has 6 nitrogen and oxygen atoms in total. The van der Waals surface area contributed by atoms with Crippen molar-refractivity contribution in [3.63, 3.8) is 0 Å². The zero-order valence-corrected chi connectivity index (χ0v) is 16.9. The van der Waals surface area contributed by atoms with Crippen molar-refractivity contribution >= 4 is 11.6 Å². The number of aryl methyl sites for hydroxylation is 1. The average molecular weight is 397 g/mol. The van der Waals surface area contributed by atoms with Crippen LogP contribution in [-0.4, -0.2) is 21.8 Å². The van der Waals surface area contributed by atoms with E-state index in [0.29, 0.717) is 28.4 Å². The summed E-state index contributed by atoms with van der Waals surface area (Å²) in [6.07, 6.45) is 0.0698. The van der Waals surface area contributed by atoms with Crippen LogP contribution in [0, 0.1) is 19.7 Å². The summed E-state index contributed by atoms with van der Waals surface area (Å²) >= 11 is 0. The van der Waals surface area contributed by atoms with Crippen LogP contribution in [0.5, 0.6) is 11.5 Å². The van der Waals surface area contributed by atoms with E-state index in [9.17, 15) is 9.18 Å². The van der Waals surface area contributed by atoms with Crippen LogP contribution in [0.4, 0.5) is 10.1 Å². The number of amides is 1. The van der Waals surface area contributed by atoms with E-state index < -0.39 is 0 Å². The first-order valence-corrected chi connectivity index (χ1v) is 9.34. The van der Waals surface area contributed by atoms with Crippen molar-refractivity contribution in [2.45, 2.75) is 40.5 Å². The van der Waals surface area contributed by atoms with Gasteiger partial charge in [-0.05, 0) is 64.1 Å². The third-order valence-electron chi connectivity index (χ3n) is 4.26. The SMILES string of the molecule is Cc1nn(COc2cccc(F)c2)c(C)c1NC(=O)c1ccc(OC(C)C)cc1. The van der Waals surface area contributed by atoms with Crippen LogP contribution < -0.4 is 14.8 Å². The minimum absolute atomic E-state index is 0.0698. The second kappa shape index (κ2) is 8.77. The summed E-state index contributed by atoms with van der Waals surface area (Å²) in [5, 5.41) is 7.31. The Kier molecular flexibility index (Phi) is 6.16. The first kappa shape index (κ1) is 20.4. The molecule has 3 aromatic rings. The molecule has 1 amide bonds. The summed E-state index contributed by atoms with van der Waals surface area (Å²) in [4.78, 5) is 12.6. The van der Waals surface area contributed by atoms with E-state index in [1.54, 1.807) is 48.0 Å². The number of hydrogen-bond donors (Lipinski definition) is 1. The second-order valence-corrected chi connectivity index (χ2v) is 6.92. The molecule has 0 radical (unpaired) electrons. The van der Waals surface area contributed by atoms with Crippen molar-refractivity contribution in [3.05, 3.63) is 71.3 Å². The van der Waals surface area contributed by atoms with Crippen molar-refractivity contribution < 1.29 is 18.7 Å². The maximum atomic E-state index is 13.3. The first-order chi connectivity index (χ1) is 13.8. The Bertz CT molecular complexity index is 997. The summed E-state index contributed by atoms with van der Waals surface area (Å²) < 4.78 is 26.1. The Morgan fingerprint density at radius 3 is 2.52 bits per heavy atom. The second-order valence-electron chi connectivity index (χ2n) is 6.92.